The van der Waals surface area contributed by atoms with Crippen LogP contribution in [0, 0.1) is 0 Å². The number of nitrogens with zero attached hydrogens (tertiary/aromatic N) is 3. The number of benzene rings is 2. The van der Waals surface area contributed by atoms with E-state index >= 15 is 0 Å². The Balaban J connectivity index is 2.13. The number of unbranched alkanes of at least 4 members (excludes halogenated alkanes) is 1. The summed E-state index contributed by atoms with van der Waals surface area (Å²) in [6, 6.07) is 9.39. The van der Waals surface area contributed by atoms with E-state index in [2.05, 4.69) is 11.5 Å². The predicted octanol–water partition coefficient (Wildman–Crippen LogP) is 6.50. The largest absolute Gasteiger partial charge is 0.324 e. The van der Waals surface area contributed by atoms with Crippen LogP contribution in [-0.2, 0) is 6.54 Å². The van der Waals surface area contributed by atoms with Gasteiger partial charge in [-0.05, 0) is 36.8 Å². The van der Waals surface area contributed by atoms with Crippen LogP contribution in [0.25, 0.3) is 33.1 Å². The third-order valence-electron chi connectivity index (χ3n) is 4.18. The Morgan fingerprint density at radius 3 is 2.38 bits per heavy atom. The zero-order valence-corrected chi connectivity index (χ0v) is 15.3. The van der Waals surface area contributed by atoms with Gasteiger partial charge in [-0.3, -0.25) is 0 Å². The molecule has 0 amide bonds. The van der Waals surface area contributed by atoms with Gasteiger partial charge in [0.2, 0.25) is 0 Å². The summed E-state index contributed by atoms with van der Waals surface area (Å²) >= 11 is 18.5. The molecule has 0 N–H and O–H groups in total. The SMILES string of the molecule is CCCCn1c2ccc(Cl)cc2c2nc3cc(Cl)c(Cl)cc3nc21. The Hall–Kier alpha value is -1.55. The second-order valence-electron chi connectivity index (χ2n) is 5.82. The van der Waals surface area contributed by atoms with Gasteiger partial charge in [0.1, 0.15) is 5.52 Å². The quantitative estimate of drug-likeness (QED) is 0.407. The van der Waals surface area contributed by atoms with E-state index in [-0.39, 0.29) is 0 Å². The maximum Gasteiger partial charge on any atom is 0.160 e. The molecule has 0 spiro atoms. The number of rotatable bonds is 3. The van der Waals surface area contributed by atoms with Crippen LogP contribution in [0.15, 0.2) is 30.3 Å². The van der Waals surface area contributed by atoms with Gasteiger partial charge in [0.05, 0.1) is 26.6 Å². The van der Waals surface area contributed by atoms with Crippen molar-refractivity contribution in [3.63, 3.8) is 0 Å². The molecule has 2 aromatic carbocycles. The molecule has 0 bridgehead atoms. The first kappa shape index (κ1) is 15.9. The predicted molar refractivity (Wildman–Crippen MR) is 102 cm³/mol. The Bertz CT molecular complexity index is 1090. The second kappa shape index (κ2) is 6.07. The lowest BCUT2D eigenvalue weighted by Gasteiger charge is -2.06. The van der Waals surface area contributed by atoms with Crippen LogP contribution in [0.4, 0.5) is 0 Å². The number of halogens is 3. The van der Waals surface area contributed by atoms with Gasteiger partial charge >= 0.3 is 0 Å². The molecule has 2 aromatic heterocycles. The molecule has 0 radical (unpaired) electrons. The topological polar surface area (TPSA) is 30.7 Å². The van der Waals surface area contributed by atoms with E-state index in [1.165, 1.54) is 0 Å². The highest BCUT2D eigenvalue weighted by Crippen LogP contribution is 2.32. The molecule has 0 saturated heterocycles. The van der Waals surface area contributed by atoms with Crippen molar-refractivity contribution in [3.8, 4) is 0 Å². The third kappa shape index (κ3) is 2.52. The standard InChI is InChI=1S/C18H14Cl3N3/c1-2-3-6-24-16-5-4-10(19)7-11(16)17-18(24)23-15-9-13(21)12(20)8-14(15)22-17/h4-5,7-9H,2-3,6H2,1H3. The molecule has 24 heavy (non-hydrogen) atoms. The maximum atomic E-state index is 6.20. The molecule has 0 aliphatic carbocycles. The Labute approximate surface area is 154 Å². The molecule has 0 fully saturated rings. The summed E-state index contributed by atoms with van der Waals surface area (Å²) in [6.07, 6.45) is 2.18. The first-order valence-corrected chi connectivity index (χ1v) is 8.96. The van der Waals surface area contributed by atoms with Crippen molar-refractivity contribution >= 4 is 67.9 Å². The molecule has 0 saturated carbocycles. The summed E-state index contributed by atoms with van der Waals surface area (Å²) in [5.74, 6) is 0. The van der Waals surface area contributed by atoms with Crippen LogP contribution in [-0.4, -0.2) is 14.5 Å². The van der Waals surface area contributed by atoms with Crippen molar-refractivity contribution < 1.29 is 0 Å². The molecule has 0 atom stereocenters. The first-order valence-electron chi connectivity index (χ1n) is 7.82. The highest BCUT2D eigenvalue weighted by Gasteiger charge is 2.15. The lowest BCUT2D eigenvalue weighted by Crippen LogP contribution is -1.99. The summed E-state index contributed by atoms with van der Waals surface area (Å²) in [5.41, 5.74) is 4.26. The van der Waals surface area contributed by atoms with Crippen LogP contribution in [0.3, 0.4) is 0 Å². The van der Waals surface area contributed by atoms with Crippen LogP contribution in [0.2, 0.25) is 15.1 Å². The van der Waals surface area contributed by atoms with Gasteiger partial charge < -0.3 is 4.57 Å². The van der Waals surface area contributed by atoms with Gasteiger partial charge in [0.25, 0.3) is 0 Å². The van der Waals surface area contributed by atoms with E-state index in [0.717, 1.165) is 52.5 Å². The molecule has 4 aromatic rings. The van der Waals surface area contributed by atoms with Gasteiger partial charge in [0.15, 0.2) is 5.65 Å². The van der Waals surface area contributed by atoms with Gasteiger partial charge in [0, 0.05) is 17.0 Å². The summed E-state index contributed by atoms with van der Waals surface area (Å²) in [4.78, 5) is 9.61. The molecule has 0 aliphatic heterocycles. The van der Waals surface area contributed by atoms with E-state index in [0.29, 0.717) is 15.1 Å². The number of aromatic nitrogens is 3. The second-order valence-corrected chi connectivity index (χ2v) is 7.07. The third-order valence-corrected chi connectivity index (χ3v) is 5.14. The summed E-state index contributed by atoms with van der Waals surface area (Å²) in [5, 5.41) is 2.66. The minimum atomic E-state index is 0.477. The molecule has 3 nitrogen and oxygen atoms in total. The van der Waals surface area contributed by atoms with Crippen molar-refractivity contribution in [2.45, 2.75) is 26.3 Å². The Morgan fingerprint density at radius 1 is 0.958 bits per heavy atom. The van der Waals surface area contributed by atoms with Crippen molar-refractivity contribution in [2.75, 3.05) is 0 Å². The fourth-order valence-corrected chi connectivity index (χ4v) is 3.49. The van der Waals surface area contributed by atoms with E-state index < -0.39 is 0 Å². The number of hydrogen-bond donors (Lipinski definition) is 0. The van der Waals surface area contributed by atoms with Crippen molar-refractivity contribution in [2.24, 2.45) is 0 Å². The molecule has 4 rings (SSSR count). The summed E-state index contributed by atoms with van der Waals surface area (Å²) < 4.78 is 2.21. The normalized spacial score (nSPS) is 11.8. The highest BCUT2D eigenvalue weighted by molar-refractivity contribution is 6.42. The van der Waals surface area contributed by atoms with Crippen molar-refractivity contribution in [3.05, 3.63) is 45.4 Å². The van der Waals surface area contributed by atoms with E-state index in [1.54, 1.807) is 12.1 Å². The van der Waals surface area contributed by atoms with Crippen LogP contribution < -0.4 is 0 Å². The van der Waals surface area contributed by atoms with E-state index in [4.69, 9.17) is 44.8 Å². The molecule has 2 heterocycles. The zero-order chi connectivity index (χ0) is 16.8. The molecular formula is C18H14Cl3N3. The first-order chi connectivity index (χ1) is 11.6. The Kier molecular flexibility index (Phi) is 4.03. The average molecular weight is 379 g/mol. The van der Waals surface area contributed by atoms with Crippen LogP contribution in [0.1, 0.15) is 19.8 Å². The molecule has 0 unspecified atom stereocenters. The minimum Gasteiger partial charge on any atom is -0.324 e. The van der Waals surface area contributed by atoms with Crippen molar-refractivity contribution in [1.82, 2.24) is 14.5 Å². The number of fused-ring (bicyclic) bond motifs is 4. The lowest BCUT2D eigenvalue weighted by molar-refractivity contribution is 0.661. The van der Waals surface area contributed by atoms with Gasteiger partial charge in [-0.1, -0.05) is 48.1 Å². The summed E-state index contributed by atoms with van der Waals surface area (Å²) in [6.45, 7) is 3.06. The lowest BCUT2D eigenvalue weighted by atomic mass is 10.2. The fraction of sp³-hybridized carbons (Fsp3) is 0.222. The zero-order valence-electron chi connectivity index (χ0n) is 13.0. The smallest absolute Gasteiger partial charge is 0.160 e. The monoisotopic (exact) mass is 377 g/mol. The molecule has 122 valence electrons. The molecular weight excluding hydrogens is 365 g/mol. The average Bonchev–Trinajstić information content (AvgIpc) is 2.84. The van der Waals surface area contributed by atoms with Gasteiger partial charge in [-0.25, -0.2) is 9.97 Å². The Morgan fingerprint density at radius 2 is 1.67 bits per heavy atom. The van der Waals surface area contributed by atoms with Crippen LogP contribution >= 0.6 is 34.8 Å². The van der Waals surface area contributed by atoms with Gasteiger partial charge in [-0.2, -0.15) is 0 Å². The maximum absolute atomic E-state index is 6.20. The minimum absolute atomic E-state index is 0.477. The van der Waals surface area contributed by atoms with Crippen molar-refractivity contribution in [1.29, 1.82) is 0 Å². The number of hydrogen-bond acceptors (Lipinski definition) is 2. The highest BCUT2D eigenvalue weighted by atomic mass is 35.5. The fourth-order valence-electron chi connectivity index (χ4n) is 3.00. The van der Waals surface area contributed by atoms with E-state index in [9.17, 15) is 0 Å². The molecule has 6 heteroatoms. The van der Waals surface area contributed by atoms with Crippen LogP contribution in [0.5, 0.6) is 0 Å². The summed E-state index contributed by atoms with van der Waals surface area (Å²) in [7, 11) is 0. The molecule has 0 aliphatic rings. The number of aryl methyl sites for hydroxylation is 1. The van der Waals surface area contributed by atoms with Gasteiger partial charge in [-0.15, -0.1) is 0 Å². The van der Waals surface area contributed by atoms with E-state index in [1.807, 2.05) is 18.2 Å².